The summed E-state index contributed by atoms with van der Waals surface area (Å²) in [7, 11) is -2.93. The van der Waals surface area contributed by atoms with Gasteiger partial charge < -0.3 is 5.32 Å². The molecule has 0 aliphatic rings. The number of hydrogen-bond acceptors (Lipinski definition) is 3. The van der Waals surface area contributed by atoms with E-state index in [1.54, 1.807) is 12.1 Å². The van der Waals surface area contributed by atoms with Gasteiger partial charge in [0, 0.05) is 18.8 Å². The van der Waals surface area contributed by atoms with Crippen LogP contribution in [0.4, 0.5) is 4.39 Å². The fourth-order valence-electron chi connectivity index (χ4n) is 1.33. The van der Waals surface area contributed by atoms with Crippen molar-refractivity contribution in [3.05, 3.63) is 35.6 Å². The first-order valence-corrected chi connectivity index (χ1v) is 7.11. The van der Waals surface area contributed by atoms with E-state index in [-0.39, 0.29) is 17.6 Å². The van der Waals surface area contributed by atoms with Crippen molar-refractivity contribution >= 4 is 9.84 Å². The predicted molar refractivity (Wildman–Crippen MR) is 62.5 cm³/mol. The summed E-state index contributed by atoms with van der Waals surface area (Å²) in [6.07, 6.45) is 1.21. The first kappa shape index (κ1) is 13.1. The summed E-state index contributed by atoms with van der Waals surface area (Å²) in [4.78, 5) is 0. The molecule has 0 spiro atoms. The van der Waals surface area contributed by atoms with Crippen LogP contribution in [0.15, 0.2) is 24.3 Å². The molecule has 0 bridgehead atoms. The smallest absolute Gasteiger partial charge is 0.148 e. The molecule has 1 aromatic rings. The zero-order valence-corrected chi connectivity index (χ0v) is 10.2. The molecule has 0 saturated carbocycles. The maximum Gasteiger partial charge on any atom is 0.148 e. The Morgan fingerprint density at radius 1 is 1.31 bits per heavy atom. The summed E-state index contributed by atoms with van der Waals surface area (Å²) < 4.78 is 34.5. The molecule has 5 heteroatoms. The van der Waals surface area contributed by atoms with Gasteiger partial charge in [-0.05, 0) is 24.6 Å². The average Bonchev–Trinajstić information content (AvgIpc) is 2.16. The maximum absolute atomic E-state index is 12.7. The van der Waals surface area contributed by atoms with Gasteiger partial charge in [-0.15, -0.1) is 0 Å². The third kappa shape index (κ3) is 4.72. The van der Waals surface area contributed by atoms with Crippen LogP contribution in [0.5, 0.6) is 0 Å². The molecule has 1 aromatic carbocycles. The molecular weight excluding hydrogens is 229 g/mol. The lowest BCUT2D eigenvalue weighted by molar-refractivity contribution is 0.574. The molecule has 16 heavy (non-hydrogen) atoms. The first-order valence-electron chi connectivity index (χ1n) is 5.05. The molecule has 90 valence electrons. The van der Waals surface area contributed by atoms with Gasteiger partial charge in [0.1, 0.15) is 15.7 Å². The van der Waals surface area contributed by atoms with Crippen molar-refractivity contribution in [2.24, 2.45) is 0 Å². The van der Waals surface area contributed by atoms with Crippen molar-refractivity contribution < 1.29 is 12.8 Å². The third-order valence-electron chi connectivity index (χ3n) is 2.29. The summed E-state index contributed by atoms with van der Waals surface area (Å²) in [5.74, 6) is -0.162. The van der Waals surface area contributed by atoms with Crippen molar-refractivity contribution in [3.63, 3.8) is 0 Å². The van der Waals surface area contributed by atoms with Crippen molar-refractivity contribution in [1.29, 1.82) is 0 Å². The van der Waals surface area contributed by atoms with Gasteiger partial charge in [-0.2, -0.15) is 0 Å². The van der Waals surface area contributed by atoms with Crippen LogP contribution in [-0.4, -0.2) is 27.0 Å². The lowest BCUT2D eigenvalue weighted by Crippen LogP contribution is -2.25. The van der Waals surface area contributed by atoms with Gasteiger partial charge in [0.15, 0.2) is 0 Å². The molecule has 1 rings (SSSR count). The van der Waals surface area contributed by atoms with Gasteiger partial charge in [0.2, 0.25) is 0 Å². The highest BCUT2D eigenvalue weighted by atomic mass is 32.2. The van der Waals surface area contributed by atoms with Gasteiger partial charge in [-0.3, -0.25) is 0 Å². The topological polar surface area (TPSA) is 46.2 Å². The Hall–Kier alpha value is -0.940. The molecule has 0 heterocycles. The largest absolute Gasteiger partial charge is 0.309 e. The highest BCUT2D eigenvalue weighted by molar-refractivity contribution is 7.90. The molecule has 0 fully saturated rings. The highest BCUT2D eigenvalue weighted by Crippen LogP contribution is 2.12. The summed E-state index contributed by atoms with van der Waals surface area (Å²) in [5.41, 5.74) is 0.940. The van der Waals surface area contributed by atoms with Crippen LogP contribution in [0.2, 0.25) is 0 Å². The van der Waals surface area contributed by atoms with E-state index in [1.165, 1.54) is 18.4 Å². The Morgan fingerprint density at radius 3 is 2.38 bits per heavy atom. The molecule has 0 aliphatic heterocycles. The highest BCUT2D eigenvalue weighted by Gasteiger charge is 2.06. The standard InChI is InChI=1S/C11H16FNO2S/c1-9(13-7-8-16(2,14)15)10-3-5-11(12)6-4-10/h3-6,9,13H,7-8H2,1-2H3. The van der Waals surface area contributed by atoms with E-state index in [0.29, 0.717) is 6.54 Å². The minimum Gasteiger partial charge on any atom is -0.309 e. The van der Waals surface area contributed by atoms with E-state index >= 15 is 0 Å². The maximum atomic E-state index is 12.7. The van der Waals surface area contributed by atoms with Crippen molar-refractivity contribution in [3.8, 4) is 0 Å². The molecule has 0 aliphatic carbocycles. The zero-order valence-electron chi connectivity index (χ0n) is 9.40. The van der Waals surface area contributed by atoms with Crippen LogP contribution in [0.1, 0.15) is 18.5 Å². The Kier molecular flexibility index (Phi) is 4.44. The first-order chi connectivity index (χ1) is 7.38. The summed E-state index contributed by atoms with van der Waals surface area (Å²) in [6, 6.07) is 6.18. The molecule has 0 aromatic heterocycles. The number of sulfone groups is 1. The molecular formula is C11H16FNO2S. The molecule has 1 atom stereocenters. The van der Waals surface area contributed by atoms with Crippen LogP contribution in [0.25, 0.3) is 0 Å². The number of benzene rings is 1. The van der Waals surface area contributed by atoms with E-state index < -0.39 is 9.84 Å². The third-order valence-corrected chi connectivity index (χ3v) is 3.24. The molecule has 0 saturated heterocycles. The van der Waals surface area contributed by atoms with Gasteiger partial charge >= 0.3 is 0 Å². The van der Waals surface area contributed by atoms with Crippen molar-refractivity contribution in [2.45, 2.75) is 13.0 Å². The zero-order chi connectivity index (χ0) is 12.2. The minimum absolute atomic E-state index is 0.0161. The second-order valence-electron chi connectivity index (χ2n) is 3.86. The van der Waals surface area contributed by atoms with Gasteiger partial charge in [0.25, 0.3) is 0 Å². The molecule has 0 amide bonds. The quantitative estimate of drug-likeness (QED) is 0.855. The number of nitrogens with one attached hydrogen (secondary N) is 1. The Labute approximate surface area is 95.6 Å². The summed E-state index contributed by atoms with van der Waals surface area (Å²) >= 11 is 0. The van der Waals surface area contributed by atoms with E-state index in [9.17, 15) is 12.8 Å². The van der Waals surface area contributed by atoms with E-state index in [4.69, 9.17) is 0 Å². The SMILES string of the molecule is CC(NCCS(C)(=O)=O)c1ccc(F)cc1. The van der Waals surface area contributed by atoms with Gasteiger partial charge in [-0.25, -0.2) is 12.8 Å². The molecule has 3 nitrogen and oxygen atoms in total. The van der Waals surface area contributed by atoms with E-state index in [0.717, 1.165) is 5.56 Å². The predicted octanol–water partition coefficient (Wildman–Crippen LogP) is 1.52. The van der Waals surface area contributed by atoms with Crippen molar-refractivity contribution in [1.82, 2.24) is 5.32 Å². The van der Waals surface area contributed by atoms with Crippen LogP contribution in [-0.2, 0) is 9.84 Å². The summed E-state index contributed by atoms with van der Waals surface area (Å²) in [5, 5.41) is 3.07. The van der Waals surface area contributed by atoms with Crippen molar-refractivity contribution in [2.75, 3.05) is 18.6 Å². The lowest BCUT2D eigenvalue weighted by atomic mass is 10.1. The normalized spacial score (nSPS) is 13.7. The van der Waals surface area contributed by atoms with Crippen LogP contribution in [0, 0.1) is 5.82 Å². The average molecular weight is 245 g/mol. The van der Waals surface area contributed by atoms with Crippen LogP contribution >= 0.6 is 0 Å². The minimum atomic E-state index is -2.93. The number of halogens is 1. The monoisotopic (exact) mass is 245 g/mol. The van der Waals surface area contributed by atoms with Crippen LogP contribution < -0.4 is 5.32 Å². The second-order valence-corrected chi connectivity index (χ2v) is 6.12. The Morgan fingerprint density at radius 2 is 1.88 bits per heavy atom. The van der Waals surface area contributed by atoms with E-state index in [2.05, 4.69) is 5.32 Å². The van der Waals surface area contributed by atoms with Gasteiger partial charge in [-0.1, -0.05) is 12.1 Å². The Bertz CT molecular complexity index is 428. The Balaban J connectivity index is 2.47. The van der Waals surface area contributed by atoms with E-state index in [1.807, 2.05) is 6.92 Å². The fraction of sp³-hybridized carbons (Fsp3) is 0.455. The van der Waals surface area contributed by atoms with Gasteiger partial charge in [0.05, 0.1) is 5.75 Å². The lowest BCUT2D eigenvalue weighted by Gasteiger charge is -2.13. The number of hydrogen-bond donors (Lipinski definition) is 1. The molecule has 0 radical (unpaired) electrons. The second kappa shape index (κ2) is 5.41. The molecule has 1 N–H and O–H groups in total. The molecule has 1 unspecified atom stereocenters. The number of rotatable bonds is 5. The van der Waals surface area contributed by atoms with Crippen LogP contribution in [0.3, 0.4) is 0 Å². The fourth-order valence-corrected chi connectivity index (χ4v) is 1.82. The summed E-state index contributed by atoms with van der Waals surface area (Å²) in [6.45, 7) is 2.31.